The maximum atomic E-state index is 12.3. The number of hydrogen-bond acceptors (Lipinski definition) is 4. The zero-order valence-corrected chi connectivity index (χ0v) is 12.5. The van der Waals surface area contributed by atoms with E-state index >= 15 is 0 Å². The van der Waals surface area contributed by atoms with E-state index in [2.05, 4.69) is 4.98 Å². The van der Waals surface area contributed by atoms with E-state index < -0.39 is 10.0 Å². The van der Waals surface area contributed by atoms with Crippen LogP contribution in [0, 0.1) is 0 Å². The summed E-state index contributed by atoms with van der Waals surface area (Å²) in [4.78, 5) is 3.72. The summed E-state index contributed by atoms with van der Waals surface area (Å²) in [5.41, 5.74) is 0.464. The number of sulfonamides is 1. The number of nitrogens with zero attached hydrogens (tertiary/aromatic N) is 1. The summed E-state index contributed by atoms with van der Waals surface area (Å²) in [6, 6.07) is 4.96. The summed E-state index contributed by atoms with van der Waals surface area (Å²) in [7, 11) is -2.05. The molecule has 5 nitrogen and oxygen atoms in total. The fraction of sp³-hybridized carbons (Fsp3) is 0.273. The average Bonchev–Trinajstić information content (AvgIpc) is 2.98. The summed E-state index contributed by atoms with van der Waals surface area (Å²) in [6.45, 7) is 0.0408. The highest BCUT2D eigenvalue weighted by molar-refractivity contribution is 7.89. The van der Waals surface area contributed by atoms with E-state index in [-0.39, 0.29) is 18.0 Å². The summed E-state index contributed by atoms with van der Waals surface area (Å²) in [5, 5.41) is 8.94. The van der Waals surface area contributed by atoms with Gasteiger partial charge < -0.3 is 10.1 Å². The minimum atomic E-state index is -3.56. The standard InChI is InChI=1S/C11H13ClN2O3S2/c1-14(6-9-2-3-11(12)18-9)19(16,17)10-4-8(7-15)13-5-10/h2-5,13,15H,6-7H2,1H3. The molecule has 19 heavy (non-hydrogen) atoms. The molecule has 2 rings (SSSR count). The summed E-state index contributed by atoms with van der Waals surface area (Å²) in [6.07, 6.45) is 1.37. The van der Waals surface area contributed by atoms with E-state index in [0.717, 1.165) is 4.88 Å². The van der Waals surface area contributed by atoms with Crippen LogP contribution in [0.3, 0.4) is 0 Å². The van der Waals surface area contributed by atoms with Crippen molar-refractivity contribution in [1.29, 1.82) is 0 Å². The Morgan fingerprint density at radius 3 is 2.74 bits per heavy atom. The van der Waals surface area contributed by atoms with Crippen LogP contribution < -0.4 is 0 Å². The molecule has 0 amide bonds. The van der Waals surface area contributed by atoms with E-state index in [4.69, 9.17) is 16.7 Å². The summed E-state index contributed by atoms with van der Waals surface area (Å²) >= 11 is 7.16. The molecule has 0 radical (unpaired) electrons. The second-order valence-corrected chi connectivity index (χ2v) is 7.83. The molecule has 0 saturated heterocycles. The topological polar surface area (TPSA) is 73.4 Å². The molecule has 0 aliphatic carbocycles. The molecule has 2 N–H and O–H groups in total. The number of thiophene rings is 1. The van der Waals surface area contributed by atoms with Crippen molar-refractivity contribution >= 4 is 33.0 Å². The Labute approximate surface area is 120 Å². The van der Waals surface area contributed by atoms with Gasteiger partial charge in [0, 0.05) is 30.4 Å². The fourth-order valence-corrected chi connectivity index (χ4v) is 3.97. The Morgan fingerprint density at radius 2 is 2.21 bits per heavy atom. The van der Waals surface area contributed by atoms with Gasteiger partial charge in [-0.1, -0.05) is 11.6 Å². The molecule has 0 unspecified atom stereocenters. The predicted octanol–water partition coefficient (Wildman–Crippen LogP) is 2.04. The highest BCUT2D eigenvalue weighted by atomic mass is 35.5. The predicted molar refractivity (Wildman–Crippen MR) is 74.7 cm³/mol. The van der Waals surface area contributed by atoms with Gasteiger partial charge in [-0.15, -0.1) is 11.3 Å². The number of nitrogens with one attached hydrogen (secondary N) is 1. The van der Waals surface area contributed by atoms with Gasteiger partial charge in [0.2, 0.25) is 10.0 Å². The van der Waals surface area contributed by atoms with Crippen LogP contribution >= 0.6 is 22.9 Å². The molecule has 0 aliphatic rings. The number of aliphatic hydroxyl groups excluding tert-OH is 1. The van der Waals surface area contributed by atoms with Crippen molar-refractivity contribution < 1.29 is 13.5 Å². The van der Waals surface area contributed by atoms with Crippen LogP contribution in [0.4, 0.5) is 0 Å². The van der Waals surface area contributed by atoms with Crippen molar-refractivity contribution in [3.63, 3.8) is 0 Å². The van der Waals surface area contributed by atoms with Crippen LogP contribution in [0.5, 0.6) is 0 Å². The number of aliphatic hydroxyl groups is 1. The number of aromatic amines is 1. The van der Waals surface area contributed by atoms with Crippen LogP contribution in [0.1, 0.15) is 10.6 Å². The lowest BCUT2D eigenvalue weighted by Gasteiger charge is -2.15. The molecule has 0 bridgehead atoms. The number of halogens is 1. The maximum absolute atomic E-state index is 12.3. The maximum Gasteiger partial charge on any atom is 0.244 e. The van der Waals surface area contributed by atoms with Crippen molar-refractivity contribution in [2.45, 2.75) is 18.0 Å². The van der Waals surface area contributed by atoms with Crippen molar-refractivity contribution in [2.75, 3.05) is 7.05 Å². The molecule has 0 saturated carbocycles. The number of hydrogen-bond donors (Lipinski definition) is 2. The molecule has 2 aromatic rings. The van der Waals surface area contributed by atoms with Gasteiger partial charge in [-0.05, 0) is 18.2 Å². The Balaban J connectivity index is 2.19. The van der Waals surface area contributed by atoms with E-state index in [9.17, 15) is 8.42 Å². The number of H-pyrrole nitrogens is 1. The number of aromatic nitrogens is 1. The fourth-order valence-electron chi connectivity index (χ4n) is 1.58. The molecule has 0 aliphatic heterocycles. The summed E-state index contributed by atoms with van der Waals surface area (Å²) in [5.74, 6) is 0. The minimum absolute atomic E-state index is 0.140. The van der Waals surface area contributed by atoms with Crippen molar-refractivity contribution in [1.82, 2.24) is 9.29 Å². The van der Waals surface area contributed by atoms with Gasteiger partial charge in [0.25, 0.3) is 0 Å². The van der Waals surface area contributed by atoms with Crippen LogP contribution in [0.2, 0.25) is 4.34 Å². The quantitative estimate of drug-likeness (QED) is 0.885. The first-order chi connectivity index (χ1) is 8.93. The van der Waals surface area contributed by atoms with Gasteiger partial charge >= 0.3 is 0 Å². The lowest BCUT2D eigenvalue weighted by Crippen LogP contribution is -2.25. The third-order valence-electron chi connectivity index (χ3n) is 2.60. The Hall–Kier alpha value is -0.860. The van der Waals surface area contributed by atoms with Crippen LogP contribution in [-0.4, -0.2) is 29.9 Å². The second-order valence-electron chi connectivity index (χ2n) is 3.99. The van der Waals surface area contributed by atoms with E-state index in [1.807, 2.05) is 0 Å². The van der Waals surface area contributed by atoms with Crippen molar-refractivity contribution in [3.05, 3.63) is 39.3 Å². The van der Waals surface area contributed by atoms with Gasteiger partial charge in [0.15, 0.2) is 0 Å². The lowest BCUT2D eigenvalue weighted by molar-refractivity contribution is 0.277. The van der Waals surface area contributed by atoms with Crippen molar-refractivity contribution in [3.8, 4) is 0 Å². The largest absolute Gasteiger partial charge is 0.390 e. The normalized spacial score (nSPS) is 12.2. The monoisotopic (exact) mass is 320 g/mol. The highest BCUT2D eigenvalue weighted by Gasteiger charge is 2.22. The number of rotatable bonds is 5. The van der Waals surface area contributed by atoms with Gasteiger partial charge in [0.1, 0.15) is 0 Å². The third kappa shape index (κ3) is 3.18. The second kappa shape index (κ2) is 5.64. The zero-order chi connectivity index (χ0) is 14.0. The molecule has 0 fully saturated rings. The van der Waals surface area contributed by atoms with Crippen LogP contribution in [-0.2, 0) is 23.2 Å². The molecule has 0 aromatic carbocycles. The van der Waals surface area contributed by atoms with Gasteiger partial charge in [-0.2, -0.15) is 4.31 Å². The first-order valence-corrected chi connectivity index (χ1v) is 8.05. The first-order valence-electron chi connectivity index (χ1n) is 5.42. The zero-order valence-electron chi connectivity index (χ0n) is 10.1. The highest BCUT2D eigenvalue weighted by Crippen LogP contribution is 2.24. The average molecular weight is 321 g/mol. The van der Waals surface area contributed by atoms with Gasteiger partial charge in [-0.25, -0.2) is 8.42 Å². The molecule has 8 heteroatoms. The molecule has 0 atom stereocenters. The Bertz CT molecular complexity index is 663. The first kappa shape index (κ1) is 14.5. The summed E-state index contributed by atoms with van der Waals surface area (Å²) < 4.78 is 26.4. The molecule has 0 spiro atoms. The van der Waals surface area contributed by atoms with Gasteiger partial charge in [0.05, 0.1) is 15.8 Å². The molecular formula is C11H13ClN2O3S2. The Kier molecular flexibility index (Phi) is 4.32. The van der Waals surface area contributed by atoms with E-state index in [1.54, 1.807) is 12.1 Å². The lowest BCUT2D eigenvalue weighted by atomic mass is 10.5. The molecule has 2 heterocycles. The van der Waals surface area contributed by atoms with Crippen LogP contribution in [0.15, 0.2) is 29.3 Å². The van der Waals surface area contributed by atoms with E-state index in [1.165, 1.54) is 35.0 Å². The smallest absolute Gasteiger partial charge is 0.244 e. The molecular weight excluding hydrogens is 308 g/mol. The van der Waals surface area contributed by atoms with Crippen LogP contribution in [0.25, 0.3) is 0 Å². The van der Waals surface area contributed by atoms with E-state index in [0.29, 0.717) is 10.0 Å². The Morgan fingerprint density at radius 1 is 1.47 bits per heavy atom. The minimum Gasteiger partial charge on any atom is -0.390 e. The van der Waals surface area contributed by atoms with Gasteiger partial charge in [-0.3, -0.25) is 0 Å². The third-order valence-corrected chi connectivity index (χ3v) is 5.60. The SMILES string of the molecule is CN(Cc1ccc(Cl)s1)S(=O)(=O)c1c[nH]c(CO)c1. The molecule has 104 valence electrons. The molecule has 2 aromatic heterocycles. The van der Waals surface area contributed by atoms with Crippen molar-refractivity contribution in [2.24, 2.45) is 0 Å².